The summed E-state index contributed by atoms with van der Waals surface area (Å²) in [7, 11) is 1.57. The fourth-order valence-electron chi connectivity index (χ4n) is 5.17. The molecule has 0 radical (unpaired) electrons. The number of H-pyrrole nitrogens is 1. The third-order valence-corrected chi connectivity index (χ3v) is 9.58. The summed E-state index contributed by atoms with van der Waals surface area (Å²) in [5.74, 6) is -0.593. The summed E-state index contributed by atoms with van der Waals surface area (Å²) in [6.45, 7) is 4.37. The maximum absolute atomic E-state index is 13.9. The van der Waals surface area contributed by atoms with E-state index < -0.39 is 17.1 Å². The van der Waals surface area contributed by atoms with Crippen molar-refractivity contribution in [2.45, 2.75) is 36.6 Å². The van der Waals surface area contributed by atoms with Crippen LogP contribution in [0.5, 0.6) is 11.5 Å². The molecule has 0 bridgehead atoms. The Hall–Kier alpha value is -3.82. The summed E-state index contributed by atoms with van der Waals surface area (Å²) in [5, 5.41) is -0.00756. The molecule has 7 nitrogen and oxygen atoms in total. The third-order valence-electron chi connectivity index (χ3n) is 7.18. The highest BCUT2D eigenvalue weighted by Gasteiger charge is 2.56. The van der Waals surface area contributed by atoms with Gasteiger partial charge in [0.25, 0.3) is 0 Å². The molecule has 198 valence electrons. The number of nitrogens with one attached hydrogen (secondary N) is 1. The van der Waals surface area contributed by atoms with Crippen molar-refractivity contribution in [2.24, 2.45) is 5.92 Å². The van der Waals surface area contributed by atoms with Gasteiger partial charge in [-0.3, -0.25) is 14.4 Å². The van der Waals surface area contributed by atoms with Crippen LogP contribution in [-0.2, 0) is 16.2 Å². The van der Waals surface area contributed by atoms with Crippen LogP contribution in [0.4, 0.5) is 5.69 Å². The lowest BCUT2D eigenvalue weighted by atomic mass is 9.83. The van der Waals surface area contributed by atoms with E-state index in [0.717, 1.165) is 32.9 Å². The highest BCUT2D eigenvalue weighted by Crippen LogP contribution is 2.53. The van der Waals surface area contributed by atoms with Crippen LogP contribution in [0.1, 0.15) is 33.0 Å². The molecule has 3 unspecified atom stereocenters. The normalized spacial score (nSPS) is 20.1. The second kappa shape index (κ2) is 10.1. The largest absolute Gasteiger partial charge is 0.493 e. The van der Waals surface area contributed by atoms with Crippen molar-refractivity contribution in [3.8, 4) is 11.5 Å². The number of benzene rings is 3. The van der Waals surface area contributed by atoms with Gasteiger partial charge in [0.05, 0.1) is 23.7 Å². The van der Waals surface area contributed by atoms with Crippen LogP contribution in [0.2, 0.25) is 0 Å². The number of thioether (sulfide) groups is 1. The molecule has 39 heavy (non-hydrogen) atoms. The molecule has 2 amide bonds. The van der Waals surface area contributed by atoms with Gasteiger partial charge < -0.3 is 14.5 Å². The molecule has 2 aliphatic heterocycles. The summed E-state index contributed by atoms with van der Waals surface area (Å²) in [4.78, 5) is 44.6. The number of nitrogens with zero attached hydrogens (tertiary/aromatic N) is 1. The Morgan fingerprint density at radius 1 is 0.872 bits per heavy atom. The van der Waals surface area contributed by atoms with E-state index in [0.29, 0.717) is 28.8 Å². The molecular weight excluding hydrogens is 532 g/mol. The van der Waals surface area contributed by atoms with Crippen LogP contribution >= 0.6 is 23.1 Å². The summed E-state index contributed by atoms with van der Waals surface area (Å²) in [5.41, 5.74) is 4.59. The quantitative estimate of drug-likeness (QED) is 0.317. The number of thiazole rings is 1. The standard InChI is InChI=1S/C30H26N2O5S2/c1-16-4-8-18(9-5-16)15-37-21-13-10-19(14-22(21)36-3)23-24-26(38-27-25(23)39-30(35)31-27)29(34)32(28(24)33)20-11-6-17(2)7-12-20/h4-14,23-24,26H,15H2,1-3H3,(H,31,35). The number of anilines is 1. The van der Waals surface area contributed by atoms with Gasteiger partial charge >= 0.3 is 4.87 Å². The molecule has 1 saturated heterocycles. The number of hydrogen-bond acceptors (Lipinski definition) is 7. The highest BCUT2D eigenvalue weighted by molar-refractivity contribution is 8.00. The number of aryl methyl sites for hydroxylation is 2. The molecule has 0 saturated carbocycles. The number of ether oxygens (including phenoxy) is 2. The van der Waals surface area contributed by atoms with Gasteiger partial charge in [0, 0.05) is 10.8 Å². The van der Waals surface area contributed by atoms with Crippen LogP contribution in [0, 0.1) is 19.8 Å². The number of aromatic amines is 1. The van der Waals surface area contributed by atoms with Crippen molar-refractivity contribution < 1.29 is 19.1 Å². The first-order valence-corrected chi connectivity index (χ1v) is 14.2. The van der Waals surface area contributed by atoms with Crippen LogP contribution in [-0.4, -0.2) is 29.2 Å². The maximum Gasteiger partial charge on any atom is 0.305 e. The van der Waals surface area contributed by atoms with Crippen LogP contribution in [0.15, 0.2) is 76.6 Å². The average molecular weight is 559 g/mol. The molecule has 6 rings (SSSR count). The smallest absolute Gasteiger partial charge is 0.305 e. The Balaban J connectivity index is 1.37. The second-order valence-corrected chi connectivity index (χ2v) is 11.9. The molecule has 2 aliphatic rings. The van der Waals surface area contributed by atoms with Crippen molar-refractivity contribution >= 4 is 40.6 Å². The molecule has 3 aromatic carbocycles. The number of fused-ring (bicyclic) bond motifs is 2. The lowest BCUT2D eigenvalue weighted by Gasteiger charge is -2.30. The van der Waals surface area contributed by atoms with Crippen LogP contribution < -0.4 is 19.2 Å². The molecule has 9 heteroatoms. The minimum absolute atomic E-state index is 0.210. The molecule has 1 N–H and O–H groups in total. The minimum Gasteiger partial charge on any atom is -0.493 e. The number of methoxy groups -OCH3 is 1. The monoisotopic (exact) mass is 558 g/mol. The molecular formula is C30H26N2O5S2. The Morgan fingerprint density at radius 3 is 2.26 bits per heavy atom. The summed E-state index contributed by atoms with van der Waals surface area (Å²) in [6.07, 6.45) is 0. The minimum atomic E-state index is -0.660. The Kier molecular flexibility index (Phi) is 6.56. The van der Waals surface area contributed by atoms with E-state index in [9.17, 15) is 14.4 Å². The van der Waals surface area contributed by atoms with Gasteiger partial charge in [-0.1, -0.05) is 76.7 Å². The van der Waals surface area contributed by atoms with Crippen molar-refractivity contribution in [3.63, 3.8) is 0 Å². The fraction of sp³-hybridized carbons (Fsp3) is 0.233. The fourth-order valence-corrected chi connectivity index (χ4v) is 7.68. The highest BCUT2D eigenvalue weighted by atomic mass is 32.2. The molecule has 4 aromatic rings. The predicted octanol–water partition coefficient (Wildman–Crippen LogP) is 5.44. The topological polar surface area (TPSA) is 88.7 Å². The van der Waals surface area contributed by atoms with E-state index in [1.54, 1.807) is 19.2 Å². The zero-order chi connectivity index (χ0) is 27.3. The number of hydrogen-bond donors (Lipinski definition) is 1. The first-order chi connectivity index (χ1) is 18.8. The van der Waals surface area contributed by atoms with Gasteiger partial charge in [-0.25, -0.2) is 4.90 Å². The summed E-state index contributed by atoms with van der Waals surface area (Å²) >= 11 is 2.35. The number of imide groups is 1. The van der Waals surface area contributed by atoms with E-state index in [1.165, 1.54) is 22.2 Å². The molecule has 0 aliphatic carbocycles. The second-order valence-electron chi connectivity index (χ2n) is 9.78. The zero-order valence-corrected chi connectivity index (χ0v) is 23.2. The summed E-state index contributed by atoms with van der Waals surface area (Å²) < 4.78 is 11.7. The van der Waals surface area contributed by atoms with Gasteiger partial charge in [0.15, 0.2) is 11.5 Å². The maximum atomic E-state index is 13.9. The average Bonchev–Trinajstić information content (AvgIpc) is 3.43. The predicted molar refractivity (Wildman–Crippen MR) is 152 cm³/mol. The molecule has 0 spiro atoms. The molecule has 3 atom stereocenters. The lowest BCUT2D eigenvalue weighted by Crippen LogP contribution is -2.32. The molecule has 1 fully saturated rings. The summed E-state index contributed by atoms with van der Waals surface area (Å²) in [6, 6.07) is 21.1. The number of aromatic nitrogens is 1. The van der Waals surface area contributed by atoms with Crippen molar-refractivity contribution in [3.05, 3.63) is 104 Å². The van der Waals surface area contributed by atoms with E-state index >= 15 is 0 Å². The third kappa shape index (κ3) is 4.55. The zero-order valence-electron chi connectivity index (χ0n) is 21.6. The van der Waals surface area contributed by atoms with Crippen molar-refractivity contribution in [1.29, 1.82) is 0 Å². The number of rotatable bonds is 6. The van der Waals surface area contributed by atoms with Crippen molar-refractivity contribution in [2.75, 3.05) is 12.0 Å². The van der Waals surface area contributed by atoms with Crippen LogP contribution in [0.3, 0.4) is 0 Å². The van der Waals surface area contributed by atoms with Gasteiger partial charge in [-0.15, -0.1) is 0 Å². The van der Waals surface area contributed by atoms with E-state index in [2.05, 4.69) is 4.98 Å². The van der Waals surface area contributed by atoms with Gasteiger partial charge in [0.1, 0.15) is 11.9 Å². The molecule has 1 aromatic heterocycles. The van der Waals surface area contributed by atoms with Gasteiger partial charge in [0.2, 0.25) is 11.8 Å². The van der Waals surface area contributed by atoms with Crippen molar-refractivity contribution in [1.82, 2.24) is 4.98 Å². The number of carbonyl (C=O) groups is 2. The molecule has 3 heterocycles. The lowest BCUT2D eigenvalue weighted by molar-refractivity contribution is -0.122. The SMILES string of the molecule is COc1cc(C2c3sc(=O)[nH]c3SC3C(=O)N(c4ccc(C)cc4)C(=O)C32)ccc1OCc1ccc(C)cc1. The van der Waals surface area contributed by atoms with Crippen LogP contribution in [0.25, 0.3) is 0 Å². The number of carbonyl (C=O) groups excluding carboxylic acids is 2. The van der Waals surface area contributed by atoms with Gasteiger partial charge in [-0.2, -0.15) is 0 Å². The Morgan fingerprint density at radius 2 is 1.56 bits per heavy atom. The van der Waals surface area contributed by atoms with E-state index in [4.69, 9.17) is 9.47 Å². The Labute approximate surface area is 233 Å². The van der Waals surface area contributed by atoms with E-state index in [1.807, 2.05) is 68.4 Å². The van der Waals surface area contributed by atoms with Gasteiger partial charge in [-0.05, 0) is 49.2 Å². The first-order valence-electron chi connectivity index (χ1n) is 12.5. The number of amides is 2. The first kappa shape index (κ1) is 25.5. The Bertz CT molecular complexity index is 1620. The van der Waals surface area contributed by atoms with E-state index in [-0.39, 0.29) is 16.7 Å².